The predicted molar refractivity (Wildman–Crippen MR) is 81.7 cm³/mol. The fourth-order valence-corrected chi connectivity index (χ4v) is 2.14. The molecule has 0 bridgehead atoms. The Hall–Kier alpha value is -1.72. The highest BCUT2D eigenvalue weighted by Crippen LogP contribution is 2.29. The maximum absolute atomic E-state index is 5.73. The molecule has 0 radical (unpaired) electrons. The number of hydrogen-bond donors (Lipinski definition) is 1. The van der Waals surface area contributed by atoms with Crippen molar-refractivity contribution in [3.05, 3.63) is 40.3 Å². The van der Waals surface area contributed by atoms with Gasteiger partial charge < -0.3 is 14.5 Å². The van der Waals surface area contributed by atoms with E-state index >= 15 is 0 Å². The Labute approximate surface area is 123 Å². The van der Waals surface area contributed by atoms with E-state index in [0.717, 1.165) is 28.4 Å². The minimum atomic E-state index is 0.495. The highest BCUT2D eigenvalue weighted by Gasteiger charge is 2.10. The second kappa shape index (κ2) is 6.63. The van der Waals surface area contributed by atoms with E-state index in [-0.39, 0.29) is 0 Å². The third-order valence-corrected chi connectivity index (χ3v) is 3.32. The van der Waals surface area contributed by atoms with Crippen molar-refractivity contribution in [2.75, 3.05) is 20.3 Å². The van der Waals surface area contributed by atoms with E-state index in [0.29, 0.717) is 17.9 Å². The molecule has 5 heteroatoms. The number of methoxy groups -OCH3 is 1. The van der Waals surface area contributed by atoms with Crippen molar-refractivity contribution in [1.29, 1.82) is 0 Å². The second-order valence-electron chi connectivity index (χ2n) is 4.46. The molecule has 0 aliphatic rings. The zero-order valence-electron chi connectivity index (χ0n) is 11.9. The summed E-state index contributed by atoms with van der Waals surface area (Å²) in [6.07, 6.45) is 0. The van der Waals surface area contributed by atoms with Crippen LogP contribution in [0.15, 0.2) is 24.3 Å². The van der Waals surface area contributed by atoms with Crippen LogP contribution in [-0.2, 0) is 4.74 Å². The summed E-state index contributed by atoms with van der Waals surface area (Å²) in [5, 5.41) is 0. The van der Waals surface area contributed by atoms with Crippen LogP contribution in [0.1, 0.15) is 11.4 Å². The topological polar surface area (TPSA) is 47.1 Å². The Kier molecular flexibility index (Phi) is 4.87. The lowest BCUT2D eigenvalue weighted by Gasteiger charge is -2.12. The number of benzene rings is 1. The van der Waals surface area contributed by atoms with Crippen molar-refractivity contribution >= 4 is 12.2 Å². The number of ether oxygens (including phenoxy) is 2. The summed E-state index contributed by atoms with van der Waals surface area (Å²) < 4.78 is 11.4. The molecule has 1 heterocycles. The fourth-order valence-electron chi connectivity index (χ4n) is 1.83. The average Bonchev–Trinajstić information content (AvgIpc) is 2.44. The number of aryl methyl sites for hydroxylation is 2. The van der Waals surface area contributed by atoms with E-state index in [1.54, 1.807) is 7.11 Å². The first-order valence-electron chi connectivity index (χ1n) is 6.42. The van der Waals surface area contributed by atoms with Gasteiger partial charge in [-0.2, -0.15) is 0 Å². The zero-order valence-corrected chi connectivity index (χ0v) is 12.7. The maximum atomic E-state index is 5.73. The fraction of sp³-hybridized carbons (Fsp3) is 0.333. The molecular formula is C15H18N2O2S. The van der Waals surface area contributed by atoms with Gasteiger partial charge in [0.05, 0.1) is 12.3 Å². The van der Waals surface area contributed by atoms with E-state index in [9.17, 15) is 0 Å². The molecule has 0 aliphatic carbocycles. The number of aromatic amines is 1. The van der Waals surface area contributed by atoms with Crippen LogP contribution in [0.25, 0.3) is 11.3 Å². The maximum Gasteiger partial charge on any atom is 0.130 e. The van der Waals surface area contributed by atoms with Crippen molar-refractivity contribution in [3.8, 4) is 17.0 Å². The van der Waals surface area contributed by atoms with Crippen LogP contribution in [0, 0.1) is 18.5 Å². The molecule has 2 rings (SSSR count). The number of H-pyrrole nitrogens is 1. The molecule has 0 spiro atoms. The quantitative estimate of drug-likeness (QED) is 0.677. The van der Waals surface area contributed by atoms with Gasteiger partial charge in [0.2, 0.25) is 0 Å². The number of aromatic nitrogens is 2. The van der Waals surface area contributed by atoms with E-state index in [4.69, 9.17) is 21.7 Å². The Bertz CT molecular complexity index is 653. The third kappa shape index (κ3) is 3.23. The lowest BCUT2D eigenvalue weighted by molar-refractivity contribution is 0.146. The minimum Gasteiger partial charge on any atom is -0.490 e. The standard InChI is InChI=1S/C15H18N2O2S/c1-10-11(2)17-15(20)14(16-10)12-6-4-5-7-13(12)19-9-8-18-3/h4-7H,8-9H2,1-3H3,(H,17,20). The Morgan fingerprint density at radius 1 is 1.20 bits per heavy atom. The molecule has 1 N–H and O–H groups in total. The predicted octanol–water partition coefficient (Wildman–Crippen LogP) is 3.45. The van der Waals surface area contributed by atoms with E-state index in [1.165, 1.54) is 0 Å². The minimum absolute atomic E-state index is 0.495. The Balaban J connectivity index is 2.42. The van der Waals surface area contributed by atoms with Gasteiger partial charge in [-0.05, 0) is 26.0 Å². The molecule has 0 fully saturated rings. The van der Waals surface area contributed by atoms with E-state index < -0.39 is 0 Å². The largest absolute Gasteiger partial charge is 0.490 e. The van der Waals surface area contributed by atoms with Gasteiger partial charge in [-0.25, -0.2) is 4.98 Å². The summed E-state index contributed by atoms with van der Waals surface area (Å²) in [6, 6.07) is 7.75. The zero-order chi connectivity index (χ0) is 14.5. The molecule has 0 saturated heterocycles. The smallest absolute Gasteiger partial charge is 0.130 e. The molecule has 20 heavy (non-hydrogen) atoms. The van der Waals surface area contributed by atoms with Gasteiger partial charge in [0.1, 0.15) is 22.7 Å². The SMILES string of the molecule is COCCOc1ccccc1-c1nc(C)c(C)[nH]c1=S. The summed E-state index contributed by atoms with van der Waals surface area (Å²) in [6.45, 7) is 4.96. The first-order valence-corrected chi connectivity index (χ1v) is 6.83. The number of rotatable bonds is 5. The summed E-state index contributed by atoms with van der Waals surface area (Å²) >= 11 is 5.38. The van der Waals surface area contributed by atoms with Gasteiger partial charge in [0.15, 0.2) is 0 Å². The first kappa shape index (κ1) is 14.7. The van der Waals surface area contributed by atoms with Crippen LogP contribution in [0.2, 0.25) is 0 Å². The van der Waals surface area contributed by atoms with Gasteiger partial charge in [-0.15, -0.1) is 0 Å². The lowest BCUT2D eigenvalue weighted by Crippen LogP contribution is -2.05. The van der Waals surface area contributed by atoms with Gasteiger partial charge >= 0.3 is 0 Å². The first-order chi connectivity index (χ1) is 9.63. The summed E-state index contributed by atoms with van der Waals surface area (Å²) in [7, 11) is 1.65. The number of hydrogen-bond acceptors (Lipinski definition) is 4. The van der Waals surface area contributed by atoms with Crippen LogP contribution in [0.3, 0.4) is 0 Å². The molecule has 1 aromatic carbocycles. The summed E-state index contributed by atoms with van der Waals surface area (Å²) in [5.74, 6) is 0.764. The molecule has 0 aliphatic heterocycles. The van der Waals surface area contributed by atoms with E-state index in [1.807, 2.05) is 38.1 Å². The van der Waals surface area contributed by atoms with Crippen molar-refractivity contribution in [1.82, 2.24) is 9.97 Å². The molecule has 0 atom stereocenters. The van der Waals surface area contributed by atoms with Crippen LogP contribution in [0.5, 0.6) is 5.75 Å². The molecule has 106 valence electrons. The highest BCUT2D eigenvalue weighted by atomic mass is 32.1. The van der Waals surface area contributed by atoms with Crippen LogP contribution < -0.4 is 4.74 Å². The number of nitrogens with one attached hydrogen (secondary N) is 1. The molecule has 0 amide bonds. The third-order valence-electron chi connectivity index (χ3n) is 3.03. The average molecular weight is 290 g/mol. The normalized spacial score (nSPS) is 10.6. The number of para-hydroxylation sites is 1. The lowest BCUT2D eigenvalue weighted by atomic mass is 10.1. The van der Waals surface area contributed by atoms with Gasteiger partial charge in [0, 0.05) is 18.4 Å². The van der Waals surface area contributed by atoms with Crippen molar-refractivity contribution in [2.24, 2.45) is 0 Å². The van der Waals surface area contributed by atoms with Gasteiger partial charge in [-0.1, -0.05) is 24.4 Å². The molecule has 2 aromatic rings. The van der Waals surface area contributed by atoms with Crippen molar-refractivity contribution < 1.29 is 9.47 Å². The van der Waals surface area contributed by atoms with E-state index in [2.05, 4.69) is 9.97 Å². The van der Waals surface area contributed by atoms with Crippen molar-refractivity contribution in [3.63, 3.8) is 0 Å². The van der Waals surface area contributed by atoms with Crippen LogP contribution in [-0.4, -0.2) is 30.3 Å². The summed E-state index contributed by atoms with van der Waals surface area (Å²) in [4.78, 5) is 7.76. The highest BCUT2D eigenvalue weighted by molar-refractivity contribution is 7.71. The van der Waals surface area contributed by atoms with Gasteiger partial charge in [0.25, 0.3) is 0 Å². The van der Waals surface area contributed by atoms with Crippen molar-refractivity contribution in [2.45, 2.75) is 13.8 Å². The Morgan fingerprint density at radius 3 is 2.70 bits per heavy atom. The monoisotopic (exact) mass is 290 g/mol. The Morgan fingerprint density at radius 2 is 1.95 bits per heavy atom. The molecular weight excluding hydrogens is 272 g/mol. The summed E-state index contributed by atoms with van der Waals surface area (Å²) in [5.41, 5.74) is 3.56. The molecule has 1 aromatic heterocycles. The van der Waals surface area contributed by atoms with Gasteiger partial charge in [-0.3, -0.25) is 0 Å². The molecule has 4 nitrogen and oxygen atoms in total. The number of nitrogens with zero attached hydrogens (tertiary/aromatic N) is 1. The molecule has 0 unspecified atom stereocenters. The van der Waals surface area contributed by atoms with Crippen LogP contribution >= 0.6 is 12.2 Å². The molecule has 0 saturated carbocycles. The van der Waals surface area contributed by atoms with Crippen LogP contribution in [0.4, 0.5) is 0 Å². The second-order valence-corrected chi connectivity index (χ2v) is 4.87.